The first-order valence-corrected chi connectivity index (χ1v) is 3.00. The van der Waals surface area contributed by atoms with Gasteiger partial charge in [-0.15, -0.1) is 0 Å². The van der Waals surface area contributed by atoms with Gasteiger partial charge in [-0.2, -0.15) is 0 Å². The van der Waals surface area contributed by atoms with Crippen LogP contribution < -0.4 is 0 Å². The zero-order valence-corrected chi connectivity index (χ0v) is 5.17. The molecule has 0 aromatic rings. The second-order valence-corrected chi connectivity index (χ2v) is 2.43. The summed E-state index contributed by atoms with van der Waals surface area (Å²) in [7, 11) is 0. The molecule has 1 unspecified atom stereocenters. The second-order valence-electron chi connectivity index (χ2n) is 2.43. The van der Waals surface area contributed by atoms with Crippen LogP contribution in [-0.4, -0.2) is 11.0 Å². The first-order chi connectivity index (χ1) is 4.20. The fourth-order valence-corrected chi connectivity index (χ4v) is 1.09. The zero-order chi connectivity index (χ0) is 6.85. The van der Waals surface area contributed by atoms with Crippen LogP contribution in [0.2, 0.25) is 0 Å². The van der Waals surface area contributed by atoms with Crippen LogP contribution in [0.3, 0.4) is 0 Å². The molecule has 3 heteroatoms. The molecule has 0 N–H and O–H groups in total. The summed E-state index contributed by atoms with van der Waals surface area (Å²) in [6.07, 6.45) is 2.12. The highest BCUT2D eigenvalue weighted by Crippen LogP contribution is 2.24. The van der Waals surface area contributed by atoms with E-state index in [0.717, 1.165) is 12.0 Å². The Labute approximate surface area is 53.5 Å². The van der Waals surface area contributed by atoms with Gasteiger partial charge in [-0.3, -0.25) is 10.1 Å². The number of hydrogen-bond donors (Lipinski definition) is 0. The summed E-state index contributed by atoms with van der Waals surface area (Å²) < 4.78 is 0. The highest BCUT2D eigenvalue weighted by molar-refractivity contribution is 5.02. The molecule has 0 spiro atoms. The molecule has 0 aromatic heterocycles. The maximum absolute atomic E-state index is 10.1. The lowest BCUT2D eigenvalue weighted by Gasteiger charge is -1.95. The Morgan fingerprint density at radius 2 is 2.44 bits per heavy atom. The van der Waals surface area contributed by atoms with Gasteiger partial charge in [-0.05, 0) is 6.42 Å². The van der Waals surface area contributed by atoms with Crippen molar-refractivity contribution in [3.05, 3.63) is 22.3 Å². The summed E-state index contributed by atoms with van der Waals surface area (Å²) in [4.78, 5) is 9.90. The van der Waals surface area contributed by atoms with Gasteiger partial charge in [-0.1, -0.05) is 12.2 Å². The molecule has 1 saturated carbocycles. The number of nitrogens with zero attached hydrogens (tertiary/aromatic N) is 1. The topological polar surface area (TPSA) is 43.1 Å². The maximum Gasteiger partial charge on any atom is 0.217 e. The molecule has 50 valence electrons. The minimum atomic E-state index is -0.336. The molecule has 0 heterocycles. The Morgan fingerprint density at radius 1 is 1.78 bits per heavy atom. The number of nitro groups is 1. The maximum atomic E-state index is 10.1. The van der Waals surface area contributed by atoms with E-state index in [2.05, 4.69) is 6.58 Å². The van der Waals surface area contributed by atoms with E-state index in [1.807, 2.05) is 0 Å². The normalized spacial score (nSPS) is 26.7. The Hall–Kier alpha value is -0.860. The SMILES string of the molecule is C=C1CCC([N+](=O)[O-])C1. The van der Waals surface area contributed by atoms with Gasteiger partial charge in [0, 0.05) is 17.8 Å². The third-order valence-electron chi connectivity index (χ3n) is 1.65. The molecule has 1 rings (SSSR count). The van der Waals surface area contributed by atoms with E-state index in [-0.39, 0.29) is 11.0 Å². The standard InChI is InChI=1S/C6H9NO2/c1-5-2-3-6(4-5)7(8)9/h6H,1-4H2. The van der Waals surface area contributed by atoms with Gasteiger partial charge >= 0.3 is 0 Å². The lowest BCUT2D eigenvalue weighted by Crippen LogP contribution is -2.13. The third kappa shape index (κ3) is 1.28. The van der Waals surface area contributed by atoms with Crippen LogP contribution in [0.25, 0.3) is 0 Å². The van der Waals surface area contributed by atoms with Crippen LogP contribution in [0.1, 0.15) is 19.3 Å². The minimum Gasteiger partial charge on any atom is -0.264 e. The van der Waals surface area contributed by atoms with E-state index in [0.29, 0.717) is 12.8 Å². The first kappa shape index (κ1) is 6.26. The second kappa shape index (κ2) is 2.17. The van der Waals surface area contributed by atoms with Crippen LogP contribution in [0, 0.1) is 10.1 Å². The smallest absolute Gasteiger partial charge is 0.217 e. The molecular formula is C6H9NO2. The van der Waals surface area contributed by atoms with Gasteiger partial charge in [0.25, 0.3) is 0 Å². The van der Waals surface area contributed by atoms with E-state index in [9.17, 15) is 10.1 Å². The lowest BCUT2D eigenvalue weighted by molar-refractivity contribution is -0.519. The summed E-state index contributed by atoms with van der Waals surface area (Å²) in [6.45, 7) is 3.68. The van der Waals surface area contributed by atoms with Crippen LogP contribution in [0.4, 0.5) is 0 Å². The summed E-state index contributed by atoms with van der Waals surface area (Å²) in [5, 5.41) is 10.1. The van der Waals surface area contributed by atoms with E-state index in [1.165, 1.54) is 0 Å². The van der Waals surface area contributed by atoms with Crippen molar-refractivity contribution >= 4 is 0 Å². The largest absolute Gasteiger partial charge is 0.264 e. The van der Waals surface area contributed by atoms with Crippen molar-refractivity contribution in [1.29, 1.82) is 0 Å². The molecular weight excluding hydrogens is 118 g/mol. The fourth-order valence-electron chi connectivity index (χ4n) is 1.09. The highest BCUT2D eigenvalue weighted by atomic mass is 16.6. The van der Waals surface area contributed by atoms with E-state index >= 15 is 0 Å². The average molecular weight is 127 g/mol. The Balaban J connectivity index is 2.48. The van der Waals surface area contributed by atoms with E-state index < -0.39 is 0 Å². The van der Waals surface area contributed by atoms with Gasteiger partial charge in [0.1, 0.15) is 0 Å². The van der Waals surface area contributed by atoms with Gasteiger partial charge in [-0.25, -0.2) is 0 Å². The van der Waals surface area contributed by atoms with Crippen LogP contribution >= 0.6 is 0 Å². The quantitative estimate of drug-likeness (QED) is 0.303. The molecule has 0 radical (unpaired) electrons. The molecule has 0 aromatic carbocycles. The fraction of sp³-hybridized carbons (Fsp3) is 0.667. The predicted octanol–water partition coefficient (Wildman–Crippen LogP) is 1.37. The van der Waals surface area contributed by atoms with Crippen molar-refractivity contribution in [3.8, 4) is 0 Å². The minimum absolute atomic E-state index is 0.210. The van der Waals surface area contributed by atoms with Gasteiger partial charge in [0.2, 0.25) is 6.04 Å². The number of hydrogen-bond acceptors (Lipinski definition) is 2. The Bertz CT molecular complexity index is 153. The summed E-state index contributed by atoms with van der Waals surface area (Å²) in [6, 6.07) is -0.336. The van der Waals surface area contributed by atoms with Crippen molar-refractivity contribution in [3.63, 3.8) is 0 Å². The summed E-state index contributed by atoms with van der Waals surface area (Å²) >= 11 is 0. The molecule has 3 nitrogen and oxygen atoms in total. The summed E-state index contributed by atoms with van der Waals surface area (Å²) in [5.41, 5.74) is 1.02. The molecule has 0 aliphatic heterocycles. The predicted molar refractivity (Wildman–Crippen MR) is 33.8 cm³/mol. The van der Waals surface area contributed by atoms with Gasteiger partial charge in [0.05, 0.1) is 0 Å². The molecule has 1 fully saturated rings. The first-order valence-electron chi connectivity index (χ1n) is 3.00. The molecule has 1 atom stereocenters. The average Bonchev–Trinajstić information content (AvgIpc) is 2.14. The van der Waals surface area contributed by atoms with Crippen molar-refractivity contribution in [1.82, 2.24) is 0 Å². The van der Waals surface area contributed by atoms with Gasteiger partial charge < -0.3 is 0 Å². The van der Waals surface area contributed by atoms with E-state index in [4.69, 9.17) is 0 Å². The monoisotopic (exact) mass is 127 g/mol. The zero-order valence-electron chi connectivity index (χ0n) is 5.17. The lowest BCUT2D eigenvalue weighted by atomic mass is 10.2. The molecule has 1 aliphatic rings. The van der Waals surface area contributed by atoms with Crippen LogP contribution in [0.15, 0.2) is 12.2 Å². The third-order valence-corrected chi connectivity index (χ3v) is 1.65. The molecule has 1 aliphatic carbocycles. The molecule has 9 heavy (non-hydrogen) atoms. The Kier molecular flexibility index (Phi) is 1.51. The number of rotatable bonds is 1. The highest BCUT2D eigenvalue weighted by Gasteiger charge is 2.26. The molecule has 0 amide bonds. The van der Waals surface area contributed by atoms with Gasteiger partial charge in [0.15, 0.2) is 0 Å². The van der Waals surface area contributed by atoms with Crippen molar-refractivity contribution < 1.29 is 4.92 Å². The Morgan fingerprint density at radius 3 is 2.67 bits per heavy atom. The van der Waals surface area contributed by atoms with Crippen molar-refractivity contribution in [2.45, 2.75) is 25.3 Å². The van der Waals surface area contributed by atoms with Crippen molar-refractivity contribution in [2.24, 2.45) is 0 Å². The van der Waals surface area contributed by atoms with E-state index in [1.54, 1.807) is 0 Å². The molecule has 0 bridgehead atoms. The molecule has 0 saturated heterocycles. The van der Waals surface area contributed by atoms with Crippen molar-refractivity contribution in [2.75, 3.05) is 0 Å². The summed E-state index contributed by atoms with van der Waals surface area (Å²) in [5.74, 6) is 0. The van der Waals surface area contributed by atoms with Crippen LogP contribution in [0.5, 0.6) is 0 Å². The van der Waals surface area contributed by atoms with Crippen LogP contribution in [-0.2, 0) is 0 Å².